The van der Waals surface area contributed by atoms with Gasteiger partial charge in [0.05, 0.1) is 17.9 Å². The molecule has 6 heteroatoms. The van der Waals surface area contributed by atoms with Crippen molar-refractivity contribution in [2.75, 3.05) is 29.6 Å². The highest BCUT2D eigenvalue weighted by molar-refractivity contribution is 6.54. The number of benzene rings is 2. The number of para-hydroxylation sites is 1. The molecule has 0 bridgehead atoms. The lowest BCUT2D eigenvalue weighted by molar-refractivity contribution is -0.135. The van der Waals surface area contributed by atoms with E-state index in [1.165, 1.54) is 5.01 Å². The third kappa shape index (κ3) is 5.20. The summed E-state index contributed by atoms with van der Waals surface area (Å²) in [4.78, 5) is 28.1. The second kappa shape index (κ2) is 10.6. The molecular formula is C25H29N3O3. The van der Waals surface area contributed by atoms with Gasteiger partial charge in [-0.2, -0.15) is 10.1 Å². The summed E-state index contributed by atoms with van der Waals surface area (Å²) in [6.45, 7) is 8.39. The molecule has 0 saturated carbocycles. The lowest BCUT2D eigenvalue weighted by atomic mass is 10.1. The van der Waals surface area contributed by atoms with Gasteiger partial charge in [-0.25, -0.2) is 4.79 Å². The third-order valence-corrected chi connectivity index (χ3v) is 5.14. The minimum Gasteiger partial charge on any atom is -0.461 e. The van der Waals surface area contributed by atoms with Gasteiger partial charge in [-0.05, 0) is 56.2 Å². The highest BCUT2D eigenvalue weighted by Gasteiger charge is 2.36. The van der Waals surface area contributed by atoms with E-state index in [2.05, 4.69) is 23.8 Å². The van der Waals surface area contributed by atoms with Gasteiger partial charge in [0.25, 0.3) is 5.91 Å². The van der Waals surface area contributed by atoms with E-state index in [1.807, 2.05) is 49.4 Å². The van der Waals surface area contributed by atoms with Crippen molar-refractivity contribution in [3.05, 3.63) is 65.7 Å². The van der Waals surface area contributed by atoms with Crippen LogP contribution in [0.5, 0.6) is 0 Å². The predicted molar refractivity (Wildman–Crippen MR) is 125 cm³/mol. The topological polar surface area (TPSA) is 62.2 Å². The minimum atomic E-state index is -0.578. The van der Waals surface area contributed by atoms with Gasteiger partial charge in [0.2, 0.25) is 0 Å². The summed E-state index contributed by atoms with van der Waals surface area (Å²) in [5, 5.41) is 5.57. The maximum Gasteiger partial charge on any atom is 0.359 e. The lowest BCUT2D eigenvalue weighted by Crippen LogP contribution is -2.23. The number of carbonyl (C=O) groups excluding carboxylic acids is 2. The van der Waals surface area contributed by atoms with Crippen LogP contribution in [0.15, 0.2) is 65.3 Å². The van der Waals surface area contributed by atoms with Crippen LogP contribution >= 0.6 is 0 Å². The number of ether oxygens (including phenoxy) is 1. The van der Waals surface area contributed by atoms with Crippen molar-refractivity contribution < 1.29 is 14.3 Å². The summed E-state index contributed by atoms with van der Waals surface area (Å²) < 4.78 is 5.35. The molecule has 0 fully saturated rings. The van der Waals surface area contributed by atoms with Gasteiger partial charge in [0, 0.05) is 18.8 Å². The molecule has 2 aromatic carbocycles. The molecule has 0 aliphatic carbocycles. The second-order valence-corrected chi connectivity index (χ2v) is 7.21. The molecule has 0 N–H and O–H groups in total. The maximum atomic E-state index is 13.2. The zero-order valence-corrected chi connectivity index (χ0v) is 18.4. The molecule has 162 valence electrons. The van der Waals surface area contributed by atoms with Crippen LogP contribution in [0.4, 0.5) is 11.4 Å². The van der Waals surface area contributed by atoms with E-state index in [9.17, 15) is 9.59 Å². The quantitative estimate of drug-likeness (QED) is 0.337. The molecule has 6 nitrogen and oxygen atoms in total. The standard InChI is InChI=1S/C25H29N3O3/c1-4-7-17-31-25(30)23-22(24(29)28(26-23)21-11-9-8-10-12-21)18-19-13-15-20(16-14-19)27(5-2)6-3/h8-16,18H,4-7,17H2,1-3H3. The summed E-state index contributed by atoms with van der Waals surface area (Å²) in [5.74, 6) is -0.923. The van der Waals surface area contributed by atoms with Crippen LogP contribution in [0.2, 0.25) is 0 Å². The van der Waals surface area contributed by atoms with E-state index < -0.39 is 5.97 Å². The van der Waals surface area contributed by atoms with Crippen LogP contribution in [0.3, 0.4) is 0 Å². The van der Waals surface area contributed by atoms with Crippen molar-refractivity contribution in [1.82, 2.24) is 0 Å². The Bertz CT molecular complexity index is 961. The van der Waals surface area contributed by atoms with E-state index in [4.69, 9.17) is 4.74 Å². The normalized spacial score (nSPS) is 14.7. The Morgan fingerprint density at radius 3 is 2.32 bits per heavy atom. The van der Waals surface area contributed by atoms with Crippen LogP contribution < -0.4 is 9.91 Å². The highest BCUT2D eigenvalue weighted by atomic mass is 16.5. The van der Waals surface area contributed by atoms with E-state index >= 15 is 0 Å². The summed E-state index contributed by atoms with van der Waals surface area (Å²) in [6.07, 6.45) is 3.38. The van der Waals surface area contributed by atoms with Crippen molar-refractivity contribution in [2.45, 2.75) is 33.6 Å². The number of unbranched alkanes of at least 4 members (excludes halogenated alkanes) is 1. The Labute approximate surface area is 183 Å². The van der Waals surface area contributed by atoms with Gasteiger partial charge in [-0.1, -0.05) is 43.7 Å². The van der Waals surface area contributed by atoms with Gasteiger partial charge in [-0.3, -0.25) is 4.79 Å². The minimum absolute atomic E-state index is 0.0396. The summed E-state index contributed by atoms with van der Waals surface area (Å²) in [6, 6.07) is 17.0. The molecule has 2 aromatic rings. The Hall–Kier alpha value is -3.41. The molecule has 0 saturated heterocycles. The van der Waals surface area contributed by atoms with Gasteiger partial charge in [0.1, 0.15) is 0 Å². The first-order valence-corrected chi connectivity index (χ1v) is 10.8. The number of rotatable bonds is 9. The number of esters is 1. The number of hydrazone groups is 1. The Kier molecular flexibility index (Phi) is 7.60. The molecule has 0 aromatic heterocycles. The SMILES string of the molecule is CCCCOC(=O)C1=NN(c2ccccc2)C(=O)C1=Cc1ccc(N(CC)CC)cc1. The largest absolute Gasteiger partial charge is 0.461 e. The predicted octanol–water partition coefficient (Wildman–Crippen LogP) is 4.66. The molecule has 0 unspecified atom stereocenters. The van der Waals surface area contributed by atoms with Crippen LogP contribution in [-0.4, -0.2) is 37.3 Å². The van der Waals surface area contributed by atoms with Crippen LogP contribution in [-0.2, 0) is 14.3 Å². The van der Waals surface area contributed by atoms with Crippen molar-refractivity contribution in [1.29, 1.82) is 0 Å². The average molecular weight is 420 g/mol. The molecule has 3 rings (SSSR count). The summed E-state index contributed by atoms with van der Waals surface area (Å²) >= 11 is 0. The highest BCUT2D eigenvalue weighted by Crippen LogP contribution is 2.26. The molecule has 0 atom stereocenters. The Morgan fingerprint density at radius 1 is 1.03 bits per heavy atom. The fourth-order valence-electron chi connectivity index (χ4n) is 3.35. The van der Waals surface area contributed by atoms with Crippen molar-refractivity contribution >= 4 is 35.0 Å². The number of carbonyl (C=O) groups is 2. The van der Waals surface area contributed by atoms with Crippen molar-refractivity contribution in [3.63, 3.8) is 0 Å². The molecule has 1 heterocycles. The smallest absolute Gasteiger partial charge is 0.359 e. The molecule has 1 aliphatic heterocycles. The van der Waals surface area contributed by atoms with Crippen LogP contribution in [0, 0.1) is 0 Å². The number of hydrogen-bond donors (Lipinski definition) is 0. The first-order valence-electron chi connectivity index (χ1n) is 10.8. The Morgan fingerprint density at radius 2 is 1.71 bits per heavy atom. The van der Waals surface area contributed by atoms with Crippen molar-refractivity contribution in [3.8, 4) is 0 Å². The lowest BCUT2D eigenvalue weighted by Gasteiger charge is -2.20. The fourth-order valence-corrected chi connectivity index (χ4v) is 3.35. The first-order chi connectivity index (χ1) is 15.1. The molecular weight excluding hydrogens is 390 g/mol. The zero-order valence-electron chi connectivity index (χ0n) is 18.4. The first kappa shape index (κ1) is 22.3. The summed E-state index contributed by atoms with van der Waals surface area (Å²) in [7, 11) is 0. The number of nitrogens with zero attached hydrogens (tertiary/aromatic N) is 3. The van der Waals surface area contributed by atoms with Gasteiger partial charge >= 0.3 is 5.97 Å². The molecule has 1 amide bonds. The molecule has 0 spiro atoms. The van der Waals surface area contributed by atoms with Crippen LogP contribution in [0.25, 0.3) is 6.08 Å². The van der Waals surface area contributed by atoms with E-state index in [0.717, 1.165) is 37.2 Å². The van der Waals surface area contributed by atoms with E-state index in [1.54, 1.807) is 18.2 Å². The number of amides is 1. The monoisotopic (exact) mass is 419 g/mol. The zero-order chi connectivity index (χ0) is 22.2. The van der Waals surface area contributed by atoms with E-state index in [0.29, 0.717) is 12.3 Å². The van der Waals surface area contributed by atoms with Crippen LogP contribution in [0.1, 0.15) is 39.2 Å². The van der Waals surface area contributed by atoms with Crippen molar-refractivity contribution in [2.24, 2.45) is 5.10 Å². The average Bonchev–Trinajstić information content (AvgIpc) is 3.12. The fraction of sp³-hybridized carbons (Fsp3) is 0.320. The second-order valence-electron chi connectivity index (χ2n) is 7.21. The van der Waals surface area contributed by atoms with E-state index in [-0.39, 0.29) is 17.2 Å². The van der Waals surface area contributed by atoms with Gasteiger partial charge < -0.3 is 9.64 Å². The maximum absolute atomic E-state index is 13.2. The molecule has 31 heavy (non-hydrogen) atoms. The number of hydrogen-bond acceptors (Lipinski definition) is 5. The summed E-state index contributed by atoms with van der Waals surface area (Å²) in [5.41, 5.74) is 2.82. The van der Waals surface area contributed by atoms with Gasteiger partial charge in [0.15, 0.2) is 5.71 Å². The number of anilines is 2. The van der Waals surface area contributed by atoms with Gasteiger partial charge in [-0.15, -0.1) is 0 Å². The Balaban J connectivity index is 1.92. The third-order valence-electron chi connectivity index (χ3n) is 5.14. The molecule has 1 aliphatic rings. The molecule has 0 radical (unpaired) electrons.